The molecule has 2 atom stereocenters. The normalized spacial score (nSPS) is 19.5. The lowest BCUT2D eigenvalue weighted by Crippen LogP contribution is -2.45. The van der Waals surface area contributed by atoms with E-state index >= 15 is 0 Å². The number of terminal acetylenes is 1. The fourth-order valence-corrected chi connectivity index (χ4v) is 4.09. The zero-order valence-corrected chi connectivity index (χ0v) is 15.4. The van der Waals surface area contributed by atoms with Crippen LogP contribution in [0.3, 0.4) is 0 Å². The van der Waals surface area contributed by atoms with E-state index in [1.807, 2.05) is 35.2 Å². The first-order valence-electron chi connectivity index (χ1n) is 8.24. The highest BCUT2D eigenvalue weighted by Crippen LogP contribution is 2.40. The predicted molar refractivity (Wildman–Crippen MR) is 103 cm³/mol. The second-order valence-electron chi connectivity index (χ2n) is 6.43. The van der Waals surface area contributed by atoms with E-state index in [0.29, 0.717) is 0 Å². The Morgan fingerprint density at radius 3 is 2.68 bits per heavy atom. The molecule has 1 N–H and O–H groups in total. The molecule has 0 spiro atoms. The molecule has 0 saturated carbocycles. The van der Waals surface area contributed by atoms with E-state index in [1.54, 1.807) is 0 Å². The van der Waals surface area contributed by atoms with Crippen LogP contribution in [0.5, 0.6) is 0 Å². The monoisotopic (exact) mass is 392 g/mol. The summed E-state index contributed by atoms with van der Waals surface area (Å²) in [5.41, 5.74) is 4.48. The quantitative estimate of drug-likeness (QED) is 0.611. The Balaban J connectivity index is 1.96. The minimum Gasteiger partial charge on any atom is -0.356 e. The number of benzene rings is 2. The van der Waals surface area contributed by atoms with Crippen LogP contribution in [0.1, 0.15) is 29.8 Å². The molecule has 4 rings (SSSR count). The molecule has 4 heteroatoms. The van der Waals surface area contributed by atoms with E-state index in [-0.39, 0.29) is 18.0 Å². The number of aromatic nitrogens is 1. The number of hydrogen-bond donors (Lipinski definition) is 1. The minimum atomic E-state index is -0.273. The van der Waals surface area contributed by atoms with Crippen LogP contribution in [0.15, 0.2) is 53.0 Å². The van der Waals surface area contributed by atoms with Crippen molar-refractivity contribution in [1.82, 2.24) is 9.88 Å². The number of carbonyl (C=O) groups excluding carboxylic acids is 1. The molecule has 0 radical (unpaired) electrons. The van der Waals surface area contributed by atoms with Gasteiger partial charge in [-0.25, -0.2) is 0 Å². The molecule has 1 aliphatic heterocycles. The zero-order chi connectivity index (χ0) is 17.6. The maximum atomic E-state index is 12.5. The van der Waals surface area contributed by atoms with Crippen molar-refractivity contribution < 1.29 is 4.79 Å². The second-order valence-corrected chi connectivity index (χ2v) is 7.34. The Labute approximate surface area is 155 Å². The van der Waals surface area contributed by atoms with Gasteiger partial charge in [-0.2, -0.15) is 0 Å². The molecule has 1 amide bonds. The molecule has 3 aromatic rings. The van der Waals surface area contributed by atoms with Crippen LogP contribution in [0.25, 0.3) is 10.9 Å². The molecular formula is C21H17BrN2O. The third-order valence-electron chi connectivity index (χ3n) is 4.92. The van der Waals surface area contributed by atoms with Gasteiger partial charge in [-0.15, -0.1) is 6.42 Å². The molecule has 0 fully saturated rings. The highest BCUT2D eigenvalue weighted by molar-refractivity contribution is 9.10. The van der Waals surface area contributed by atoms with Crippen molar-refractivity contribution >= 4 is 32.7 Å². The summed E-state index contributed by atoms with van der Waals surface area (Å²) in [6.07, 6.45) is 6.26. The maximum Gasteiger partial charge on any atom is 0.299 e. The summed E-state index contributed by atoms with van der Waals surface area (Å²) in [4.78, 5) is 17.9. The molecular weight excluding hydrogens is 376 g/mol. The second kappa shape index (κ2) is 6.09. The van der Waals surface area contributed by atoms with E-state index < -0.39 is 0 Å². The minimum absolute atomic E-state index is 0.0314. The summed E-state index contributed by atoms with van der Waals surface area (Å²) >= 11 is 3.48. The van der Waals surface area contributed by atoms with Gasteiger partial charge in [0, 0.05) is 27.1 Å². The van der Waals surface area contributed by atoms with Crippen molar-refractivity contribution in [1.29, 1.82) is 0 Å². The summed E-state index contributed by atoms with van der Waals surface area (Å²) in [5, 5.41) is 1.22. The molecule has 0 saturated heterocycles. The van der Waals surface area contributed by atoms with Gasteiger partial charge in [-0.05, 0) is 48.6 Å². The Morgan fingerprint density at radius 2 is 1.96 bits per heavy atom. The van der Waals surface area contributed by atoms with Gasteiger partial charge in [0.05, 0.1) is 6.04 Å². The molecule has 3 nitrogen and oxygen atoms in total. The lowest BCUT2D eigenvalue weighted by atomic mass is 9.88. The number of rotatable bonds is 1. The summed E-state index contributed by atoms with van der Waals surface area (Å²) in [6, 6.07) is 16.2. The fourth-order valence-electron chi connectivity index (χ4n) is 3.83. The van der Waals surface area contributed by atoms with Crippen molar-refractivity contribution in [3.8, 4) is 12.3 Å². The van der Waals surface area contributed by atoms with Crippen molar-refractivity contribution in [3.05, 3.63) is 69.8 Å². The van der Waals surface area contributed by atoms with Gasteiger partial charge in [0.15, 0.2) is 0 Å². The third kappa shape index (κ3) is 2.56. The molecule has 0 unspecified atom stereocenters. The summed E-state index contributed by atoms with van der Waals surface area (Å²) in [6.45, 7) is 2.06. The number of amides is 1. The first-order valence-corrected chi connectivity index (χ1v) is 9.03. The highest BCUT2D eigenvalue weighted by Gasteiger charge is 2.37. The molecule has 25 heavy (non-hydrogen) atoms. The van der Waals surface area contributed by atoms with Crippen LogP contribution < -0.4 is 0 Å². The van der Waals surface area contributed by atoms with E-state index in [1.165, 1.54) is 10.9 Å². The van der Waals surface area contributed by atoms with E-state index in [9.17, 15) is 4.79 Å². The maximum absolute atomic E-state index is 12.5. The Bertz CT molecular complexity index is 997. The fraction of sp³-hybridized carbons (Fsp3) is 0.190. The summed E-state index contributed by atoms with van der Waals surface area (Å²) in [7, 11) is 0. The number of H-pyrrole nitrogens is 1. The number of para-hydroxylation sites is 1. The zero-order valence-electron chi connectivity index (χ0n) is 13.8. The van der Waals surface area contributed by atoms with E-state index in [0.717, 1.165) is 27.7 Å². The number of hydrogen-bond acceptors (Lipinski definition) is 1. The van der Waals surface area contributed by atoms with Gasteiger partial charge in [-0.3, -0.25) is 4.79 Å². The topological polar surface area (TPSA) is 36.1 Å². The largest absolute Gasteiger partial charge is 0.356 e. The van der Waals surface area contributed by atoms with Crippen LogP contribution >= 0.6 is 15.9 Å². The predicted octanol–water partition coefficient (Wildman–Crippen LogP) is 4.43. The van der Waals surface area contributed by atoms with Gasteiger partial charge in [-0.1, -0.05) is 46.3 Å². The van der Waals surface area contributed by atoms with E-state index in [4.69, 9.17) is 6.42 Å². The Kier molecular flexibility index (Phi) is 3.89. The molecule has 1 aromatic heterocycles. The smallest absolute Gasteiger partial charge is 0.299 e. The number of aromatic amines is 1. The molecule has 2 aromatic carbocycles. The Hall–Kier alpha value is -2.51. The first kappa shape index (κ1) is 16.0. The van der Waals surface area contributed by atoms with Gasteiger partial charge in [0.25, 0.3) is 5.91 Å². The number of nitrogens with zero attached hydrogens (tertiary/aromatic N) is 1. The van der Waals surface area contributed by atoms with Crippen molar-refractivity contribution in [2.45, 2.75) is 25.4 Å². The first-order chi connectivity index (χ1) is 12.1. The van der Waals surface area contributed by atoms with Crippen LogP contribution in [-0.4, -0.2) is 21.8 Å². The SMILES string of the molecule is C#CC(=O)N1[C@@H](c2ccc(Br)cc2)c2[nH]c3ccccc3c2C[C@@H]1C. The van der Waals surface area contributed by atoms with Gasteiger partial charge in [0.1, 0.15) is 0 Å². The van der Waals surface area contributed by atoms with Crippen molar-refractivity contribution in [3.63, 3.8) is 0 Å². The molecule has 2 heterocycles. The van der Waals surface area contributed by atoms with Gasteiger partial charge in [0.2, 0.25) is 0 Å². The van der Waals surface area contributed by atoms with E-state index in [2.05, 4.69) is 52.0 Å². The van der Waals surface area contributed by atoms with Crippen LogP contribution in [-0.2, 0) is 11.2 Å². The number of fused-ring (bicyclic) bond motifs is 3. The number of nitrogens with one attached hydrogen (secondary N) is 1. The summed E-state index contributed by atoms with van der Waals surface area (Å²) in [5.74, 6) is 2.03. The third-order valence-corrected chi connectivity index (χ3v) is 5.45. The number of carbonyl (C=O) groups is 1. The number of halogens is 1. The molecule has 1 aliphatic rings. The van der Waals surface area contributed by atoms with Crippen LogP contribution in [0.4, 0.5) is 0 Å². The van der Waals surface area contributed by atoms with Crippen LogP contribution in [0, 0.1) is 12.3 Å². The van der Waals surface area contributed by atoms with Crippen LogP contribution in [0.2, 0.25) is 0 Å². The molecule has 0 aliphatic carbocycles. The van der Waals surface area contributed by atoms with Gasteiger partial charge < -0.3 is 9.88 Å². The average molecular weight is 393 g/mol. The highest BCUT2D eigenvalue weighted by atomic mass is 79.9. The lowest BCUT2D eigenvalue weighted by Gasteiger charge is -2.40. The average Bonchev–Trinajstić information content (AvgIpc) is 2.99. The standard InChI is InChI=1S/C21H17BrN2O/c1-3-19(25)24-13(2)12-17-16-6-4-5-7-18(16)23-20(17)21(24)14-8-10-15(22)11-9-14/h1,4-11,13,21,23H,12H2,2H3/t13-,21-/m0/s1. The molecule has 124 valence electrons. The van der Waals surface area contributed by atoms with Crippen molar-refractivity contribution in [2.24, 2.45) is 0 Å². The summed E-state index contributed by atoms with van der Waals surface area (Å²) < 4.78 is 1.01. The van der Waals surface area contributed by atoms with Gasteiger partial charge >= 0.3 is 0 Å². The molecule has 0 bridgehead atoms. The van der Waals surface area contributed by atoms with Crippen molar-refractivity contribution in [2.75, 3.05) is 0 Å². The lowest BCUT2D eigenvalue weighted by molar-refractivity contribution is -0.129. The Morgan fingerprint density at radius 1 is 1.24 bits per heavy atom.